The molecule has 11 rings (SSSR count). The number of aliphatic imine (C=N–C) groups is 1. The molecule has 0 radical (unpaired) electrons. The van der Waals surface area contributed by atoms with E-state index in [1.165, 1.54) is 69.8 Å². The number of nitrogens with two attached hydrogens (primary N) is 1. The zero-order chi connectivity index (χ0) is 60.3. The van der Waals surface area contributed by atoms with E-state index in [0.29, 0.717) is 88.9 Å². The third-order valence-electron chi connectivity index (χ3n) is 14.0. The number of hydrogen-bond donors (Lipinski definition) is 7. The molecule has 8 aromatic rings. The van der Waals surface area contributed by atoms with Gasteiger partial charge in [0.2, 0.25) is 23.6 Å². The Morgan fingerprint density at radius 3 is 2.19 bits per heavy atom. The van der Waals surface area contributed by atoms with Crippen LogP contribution in [0.1, 0.15) is 120 Å². The van der Waals surface area contributed by atoms with Gasteiger partial charge in [-0.05, 0) is 36.5 Å². The van der Waals surface area contributed by atoms with Crippen molar-refractivity contribution >= 4 is 115 Å². The average molecular weight is 1280 g/mol. The third kappa shape index (κ3) is 12.7. The molecule has 0 unspecified atom stereocenters. The van der Waals surface area contributed by atoms with Gasteiger partial charge in [0.25, 0.3) is 23.6 Å². The molecule has 86 heavy (non-hydrogen) atoms. The van der Waals surface area contributed by atoms with Gasteiger partial charge < -0.3 is 51.8 Å². The molecule has 7 amide bonds. The lowest BCUT2D eigenvalue weighted by Gasteiger charge is -2.23. The number of primary amides is 1. The first-order chi connectivity index (χ1) is 41.5. The van der Waals surface area contributed by atoms with Crippen molar-refractivity contribution in [1.29, 1.82) is 0 Å². The van der Waals surface area contributed by atoms with Crippen molar-refractivity contribution in [1.82, 2.24) is 66.4 Å². The number of amides is 7. The Kier molecular flexibility index (Phi) is 17.9. The highest BCUT2D eigenvalue weighted by Gasteiger charge is 2.39. The highest BCUT2D eigenvalue weighted by atomic mass is 32.1. The lowest BCUT2D eigenvalue weighted by atomic mass is 10.0. The van der Waals surface area contributed by atoms with Gasteiger partial charge in [-0.1, -0.05) is 44.2 Å². The van der Waals surface area contributed by atoms with Gasteiger partial charge in [0.15, 0.2) is 6.04 Å². The Balaban J connectivity index is 0.962. The molecule has 6 atom stereocenters. The summed E-state index contributed by atoms with van der Waals surface area (Å²) in [6, 6.07) is 7.92. The number of aliphatic hydroxyl groups excluding tert-OH is 1. The molecule has 0 spiro atoms. The van der Waals surface area contributed by atoms with Crippen LogP contribution in [0.4, 0.5) is 0 Å². The van der Waals surface area contributed by atoms with Crippen molar-refractivity contribution in [2.24, 2.45) is 16.6 Å². The minimum absolute atomic E-state index is 0.000262. The topological polar surface area (TPSA) is 350 Å². The van der Waals surface area contributed by atoms with Crippen LogP contribution in [0.25, 0.3) is 43.4 Å². The maximum Gasteiger partial charge on any atom is 0.271 e. The summed E-state index contributed by atoms with van der Waals surface area (Å²) < 4.78 is 11.3. The van der Waals surface area contributed by atoms with E-state index in [1.54, 1.807) is 64.0 Å². The molecule has 0 aliphatic carbocycles. The number of thiazole rings is 6. The van der Waals surface area contributed by atoms with Gasteiger partial charge >= 0.3 is 0 Å². The summed E-state index contributed by atoms with van der Waals surface area (Å²) in [5.74, 6) is -3.93. The van der Waals surface area contributed by atoms with E-state index < -0.39 is 78.3 Å². The summed E-state index contributed by atoms with van der Waals surface area (Å²) >= 11 is 7.12. The van der Waals surface area contributed by atoms with E-state index in [4.69, 9.17) is 40.1 Å². The highest BCUT2D eigenvalue weighted by molar-refractivity contribution is 7.15. The molecule has 1 fully saturated rings. The van der Waals surface area contributed by atoms with E-state index in [9.17, 15) is 38.7 Å². The Hall–Kier alpha value is -8.17. The Bertz CT molecular complexity index is 3930. The fraction of sp³-hybridized carbons (Fsp3) is 0.327. The minimum atomic E-state index is -1.28. The summed E-state index contributed by atoms with van der Waals surface area (Å²) in [6.45, 7) is 3.59. The molecule has 444 valence electrons. The molecule has 10 bridgehead atoms. The van der Waals surface area contributed by atoms with Gasteiger partial charge in [-0.3, -0.25) is 33.6 Å². The maximum absolute atomic E-state index is 14.3. The molecular formula is C55H53N15O10S6. The molecule has 8 N–H and O–H groups in total. The van der Waals surface area contributed by atoms with E-state index in [1.807, 2.05) is 13.8 Å². The van der Waals surface area contributed by atoms with E-state index in [0.717, 1.165) is 22.7 Å². The van der Waals surface area contributed by atoms with E-state index in [2.05, 4.69) is 41.5 Å². The second-order valence-electron chi connectivity index (χ2n) is 20.1. The molecular weight excluding hydrogens is 1220 g/mol. The number of aliphatic hydroxyl groups is 1. The van der Waals surface area contributed by atoms with Crippen molar-refractivity contribution in [3.63, 3.8) is 0 Å². The number of ether oxygens (including phenoxy) is 2. The van der Waals surface area contributed by atoms with E-state index >= 15 is 0 Å². The molecule has 3 aliphatic heterocycles. The van der Waals surface area contributed by atoms with Crippen molar-refractivity contribution in [2.45, 2.75) is 76.0 Å². The quantitative estimate of drug-likeness (QED) is 0.0825. The number of nitrogens with zero attached hydrogens (tertiary/aromatic N) is 9. The van der Waals surface area contributed by atoms with Gasteiger partial charge in [-0.25, -0.2) is 39.9 Å². The number of carbonyl (C=O) groups is 7. The van der Waals surface area contributed by atoms with Crippen molar-refractivity contribution in [3.8, 4) is 43.4 Å². The van der Waals surface area contributed by atoms with Gasteiger partial charge in [0, 0.05) is 53.2 Å². The summed E-state index contributed by atoms with van der Waals surface area (Å²) in [7, 11) is 2.93. The standard InChI is InChI=1S/C55H53N15O10S6/c1-24(2)39-54-69-41(36(86-54)18-79-4)47(77)58-16-38(72)67-42(43(73)25-9-6-5-7-10-25)53-66-34(23-85-53)52-62-30(19-82-52)40-26(49-63-31(20-81-49)45(75)60-28(15-37(71)57-3)51-64-32(21-83-51)46(76)68-39)12-13-27(59-40)50-65-33(22-84-50)48-61-29(17-80-48)55(78)70-14-8-11-35(70)44(56)74/h5-7,9-10,12-13,19-24,28-29,35,39,42-43,73H,8,11,14-18H2,1-4H3,(H2,56,74)(H,57,71)(H,58,77)(H,60,75)(H,67,72)(H,68,76)/t28-,29-,35+,39-,42-,43-/m0/s1. The van der Waals surface area contributed by atoms with E-state index in [-0.39, 0.29) is 59.4 Å². The zero-order valence-electron chi connectivity index (χ0n) is 46.1. The number of rotatable bonds is 11. The van der Waals surface area contributed by atoms with Crippen molar-refractivity contribution in [2.75, 3.05) is 33.9 Å². The average Bonchev–Trinajstić information content (AvgIpc) is 4.06. The largest absolute Gasteiger partial charge is 0.473 e. The predicted molar refractivity (Wildman–Crippen MR) is 322 cm³/mol. The molecule has 3 aliphatic rings. The Labute approximate surface area is 514 Å². The second-order valence-corrected chi connectivity index (χ2v) is 25.6. The van der Waals surface area contributed by atoms with Gasteiger partial charge in [0.1, 0.15) is 94.7 Å². The number of likely N-dealkylation sites (tertiary alicyclic amines) is 1. The van der Waals surface area contributed by atoms with Crippen molar-refractivity contribution in [3.05, 3.63) is 118 Å². The van der Waals surface area contributed by atoms with Crippen LogP contribution in [0.2, 0.25) is 0 Å². The van der Waals surface area contributed by atoms with Crippen LogP contribution in [-0.2, 0) is 35.3 Å². The van der Waals surface area contributed by atoms with Crippen LogP contribution in [0.15, 0.2) is 74.4 Å². The Morgan fingerprint density at radius 1 is 0.744 bits per heavy atom. The monoisotopic (exact) mass is 1280 g/mol. The summed E-state index contributed by atoms with van der Waals surface area (Å²) in [5.41, 5.74) is 8.60. The smallest absolute Gasteiger partial charge is 0.271 e. The zero-order valence-corrected chi connectivity index (χ0v) is 51.0. The van der Waals surface area contributed by atoms with Crippen LogP contribution in [0.5, 0.6) is 0 Å². The summed E-state index contributed by atoms with van der Waals surface area (Å²) in [5, 5.41) is 36.7. The molecule has 1 saturated heterocycles. The number of carbonyl (C=O) groups excluding carboxylic acids is 7. The first-order valence-corrected chi connectivity index (χ1v) is 32.0. The van der Waals surface area contributed by atoms with Crippen LogP contribution < -0.4 is 32.3 Å². The lowest BCUT2D eigenvalue weighted by molar-refractivity contribution is -0.138. The second kappa shape index (κ2) is 25.8. The fourth-order valence-electron chi connectivity index (χ4n) is 9.62. The number of methoxy groups -OCH3 is 1. The Morgan fingerprint density at radius 2 is 1.42 bits per heavy atom. The highest BCUT2D eigenvalue weighted by Crippen LogP contribution is 2.40. The SMILES string of the molecule is CNC(=O)C[C@@H]1NC(=O)c2csc(n2)-c2ccc(-c3nc(C4=N[C@H](C(=O)N5CCC[C@@H]5C(N)=O)CO4)cs3)nc2-c2csc(n2)-c2csc(n2)[C@H]([C@@H](O)c2ccccc2)NC(=O)CNC(=O)c2nc(sc2COC)[C@H](C(C)C)NC(=O)c2csc1n2. The number of pyridine rings is 1. The molecule has 7 aromatic heterocycles. The normalized spacial score (nSPS) is 19.6. The first-order valence-electron chi connectivity index (χ1n) is 26.8. The number of hydrogen-bond acceptors (Lipinski definition) is 24. The molecule has 0 saturated carbocycles. The summed E-state index contributed by atoms with van der Waals surface area (Å²) in [4.78, 5) is 135. The van der Waals surface area contributed by atoms with Gasteiger partial charge in [-0.2, -0.15) is 0 Å². The van der Waals surface area contributed by atoms with Crippen molar-refractivity contribution < 1.29 is 48.1 Å². The summed E-state index contributed by atoms with van der Waals surface area (Å²) in [6.07, 6.45) is -0.371. The number of fused-ring (bicyclic) bond motifs is 14. The van der Waals surface area contributed by atoms with Crippen LogP contribution >= 0.6 is 68.0 Å². The maximum atomic E-state index is 14.3. The van der Waals surface area contributed by atoms with Crippen LogP contribution in [0, 0.1) is 5.92 Å². The molecule has 1 aromatic carbocycles. The molecule has 10 heterocycles. The number of nitrogens with one attached hydrogen (secondary N) is 5. The fourth-order valence-corrected chi connectivity index (χ4v) is 15.0. The third-order valence-corrected chi connectivity index (χ3v) is 19.6. The van der Waals surface area contributed by atoms with Crippen LogP contribution in [-0.4, -0.2) is 138 Å². The first kappa shape index (κ1) is 59.6. The molecule has 31 heteroatoms. The van der Waals surface area contributed by atoms with Gasteiger partial charge in [0.05, 0.1) is 42.2 Å². The van der Waals surface area contributed by atoms with Gasteiger partial charge in [-0.15, -0.1) is 68.0 Å². The number of aromatic nitrogens is 7. The predicted octanol–water partition coefficient (Wildman–Crippen LogP) is 5.63. The number of benzene rings is 1. The minimum Gasteiger partial charge on any atom is -0.473 e. The lowest BCUT2D eigenvalue weighted by Crippen LogP contribution is -2.47. The van der Waals surface area contributed by atoms with Crippen LogP contribution in [0.3, 0.4) is 0 Å². The molecule has 25 nitrogen and oxygen atoms in total.